The summed E-state index contributed by atoms with van der Waals surface area (Å²) in [7, 11) is 0. The Labute approximate surface area is 120 Å². The third kappa shape index (κ3) is 2.20. The fraction of sp³-hybridized carbons (Fsp3) is 0. The maximum Gasteiger partial charge on any atom is 0.261 e. The number of anilines is 2. The first-order valence-electron chi connectivity index (χ1n) is 5.28. The monoisotopic (exact) mass is 337 g/mol. The lowest BCUT2D eigenvalue weighted by Gasteiger charge is -2.02. The van der Waals surface area contributed by atoms with Gasteiger partial charge < -0.3 is 11.1 Å². The highest BCUT2D eigenvalue weighted by atomic mass is 79.9. The van der Waals surface area contributed by atoms with Crippen molar-refractivity contribution in [2.24, 2.45) is 0 Å². The molecule has 96 valence electrons. The lowest BCUT2D eigenvalue weighted by atomic mass is 10.3. The number of carbonyl (C=O) groups excluding carboxylic acids is 1. The average molecular weight is 338 g/mol. The minimum atomic E-state index is -0.271. The van der Waals surface area contributed by atoms with Gasteiger partial charge in [0.15, 0.2) is 5.65 Å². The van der Waals surface area contributed by atoms with E-state index in [0.717, 1.165) is 10.2 Å². The van der Waals surface area contributed by atoms with Crippen LogP contribution in [0.15, 0.2) is 33.7 Å². The number of nitrogens with zero attached hydrogens (tertiary/aromatic N) is 3. The number of aromatic nitrogens is 3. The summed E-state index contributed by atoms with van der Waals surface area (Å²) in [5.41, 5.74) is 7.16. The maximum absolute atomic E-state index is 12.2. The summed E-state index contributed by atoms with van der Waals surface area (Å²) in [5, 5.41) is 10.6. The van der Waals surface area contributed by atoms with Crippen molar-refractivity contribution in [2.45, 2.75) is 0 Å². The van der Waals surface area contributed by atoms with Crippen LogP contribution in [0.4, 0.5) is 11.5 Å². The number of amides is 1. The summed E-state index contributed by atoms with van der Waals surface area (Å²) in [5.74, 6) is 0.0750. The molecule has 0 aliphatic heterocycles. The van der Waals surface area contributed by atoms with Crippen LogP contribution in [-0.4, -0.2) is 20.5 Å². The van der Waals surface area contributed by atoms with Crippen molar-refractivity contribution in [3.05, 3.63) is 39.3 Å². The highest BCUT2D eigenvalue weighted by Crippen LogP contribution is 2.27. The third-order valence-corrected chi connectivity index (χ3v) is 4.20. The largest absolute Gasteiger partial charge is 0.384 e. The van der Waals surface area contributed by atoms with E-state index in [1.165, 1.54) is 22.0 Å². The van der Waals surface area contributed by atoms with E-state index in [9.17, 15) is 4.79 Å². The van der Waals surface area contributed by atoms with Crippen molar-refractivity contribution in [2.75, 3.05) is 11.1 Å². The summed E-state index contributed by atoms with van der Waals surface area (Å²) in [6.45, 7) is 0. The topological polar surface area (TPSA) is 85.3 Å². The summed E-state index contributed by atoms with van der Waals surface area (Å²) >= 11 is 4.85. The van der Waals surface area contributed by atoms with Gasteiger partial charge in [0.25, 0.3) is 5.91 Å². The van der Waals surface area contributed by atoms with Gasteiger partial charge in [-0.05, 0) is 22.0 Å². The number of fused-ring (bicyclic) bond motifs is 1. The van der Waals surface area contributed by atoms with E-state index in [1.54, 1.807) is 12.3 Å². The second-order valence-electron chi connectivity index (χ2n) is 3.77. The summed E-state index contributed by atoms with van der Waals surface area (Å²) in [6.07, 6.45) is 3.13. The second kappa shape index (κ2) is 4.63. The van der Waals surface area contributed by atoms with E-state index in [2.05, 4.69) is 31.3 Å². The van der Waals surface area contributed by atoms with Gasteiger partial charge >= 0.3 is 0 Å². The van der Waals surface area contributed by atoms with Crippen molar-refractivity contribution >= 4 is 50.3 Å². The van der Waals surface area contributed by atoms with Crippen molar-refractivity contribution in [3.8, 4) is 0 Å². The number of nitrogen functional groups attached to an aromatic ring is 1. The van der Waals surface area contributed by atoms with Crippen LogP contribution < -0.4 is 11.1 Å². The van der Waals surface area contributed by atoms with E-state index in [1.807, 2.05) is 10.8 Å². The number of hydrogen-bond acceptors (Lipinski definition) is 5. The number of nitrogens with two attached hydrogens (primary N) is 1. The Morgan fingerprint density at radius 1 is 1.47 bits per heavy atom. The molecule has 0 fully saturated rings. The first-order valence-corrected chi connectivity index (χ1v) is 7.01. The van der Waals surface area contributed by atoms with Gasteiger partial charge in [0, 0.05) is 17.0 Å². The van der Waals surface area contributed by atoms with Crippen molar-refractivity contribution in [1.29, 1.82) is 0 Å². The highest BCUT2D eigenvalue weighted by molar-refractivity contribution is 9.10. The minimum Gasteiger partial charge on any atom is -0.384 e. The Kier molecular flexibility index (Phi) is 2.96. The van der Waals surface area contributed by atoms with Crippen LogP contribution in [0.1, 0.15) is 10.4 Å². The number of hydrogen-bond donors (Lipinski definition) is 2. The van der Waals surface area contributed by atoms with E-state index in [0.29, 0.717) is 17.0 Å². The lowest BCUT2D eigenvalue weighted by Crippen LogP contribution is -2.12. The molecule has 19 heavy (non-hydrogen) atoms. The molecule has 0 spiro atoms. The van der Waals surface area contributed by atoms with Crippen LogP contribution in [0, 0.1) is 0 Å². The van der Waals surface area contributed by atoms with Crippen LogP contribution in [0.2, 0.25) is 0 Å². The van der Waals surface area contributed by atoms with Crippen LogP contribution >= 0.6 is 27.3 Å². The molecule has 3 aromatic rings. The van der Waals surface area contributed by atoms with Gasteiger partial charge in [0.1, 0.15) is 11.4 Å². The normalized spacial score (nSPS) is 10.8. The number of rotatable bonds is 2. The molecule has 0 aliphatic rings. The summed E-state index contributed by atoms with van der Waals surface area (Å²) in [6, 6.07) is 1.62. The standard InChI is InChI=1S/C11H8BrN5OS/c12-7-4-19-5-8(7)15-11(18)6-3-14-17-2-1-9(13)16-10(6)17/h1-5H,(H2,13,16)(H,15,18). The predicted molar refractivity (Wildman–Crippen MR) is 77.4 cm³/mol. The Balaban J connectivity index is 1.98. The average Bonchev–Trinajstić information content (AvgIpc) is 2.96. The van der Waals surface area contributed by atoms with E-state index < -0.39 is 0 Å². The lowest BCUT2D eigenvalue weighted by molar-refractivity contribution is 0.102. The Morgan fingerprint density at radius 2 is 2.32 bits per heavy atom. The summed E-state index contributed by atoms with van der Waals surface area (Å²) < 4.78 is 2.35. The predicted octanol–water partition coefficient (Wildman–Crippen LogP) is 2.39. The van der Waals surface area contributed by atoms with E-state index in [4.69, 9.17) is 5.73 Å². The number of halogens is 1. The van der Waals surface area contributed by atoms with Gasteiger partial charge in [-0.2, -0.15) is 5.10 Å². The molecule has 3 N–H and O–H groups in total. The quantitative estimate of drug-likeness (QED) is 0.751. The zero-order chi connectivity index (χ0) is 13.4. The molecule has 3 rings (SSSR count). The molecule has 3 heterocycles. The minimum absolute atomic E-state index is 0.271. The van der Waals surface area contributed by atoms with E-state index >= 15 is 0 Å². The summed E-state index contributed by atoms with van der Waals surface area (Å²) in [4.78, 5) is 16.3. The Hall–Kier alpha value is -1.93. The molecule has 8 heteroatoms. The van der Waals surface area contributed by atoms with Crippen molar-refractivity contribution in [3.63, 3.8) is 0 Å². The molecule has 6 nitrogen and oxygen atoms in total. The molecular formula is C11H8BrN5OS. The fourth-order valence-corrected chi connectivity index (χ4v) is 2.93. The van der Waals surface area contributed by atoms with Gasteiger partial charge in [-0.25, -0.2) is 9.50 Å². The van der Waals surface area contributed by atoms with Crippen LogP contribution in [-0.2, 0) is 0 Å². The van der Waals surface area contributed by atoms with Crippen LogP contribution in [0.5, 0.6) is 0 Å². The number of thiophene rings is 1. The molecule has 0 aromatic carbocycles. The van der Waals surface area contributed by atoms with Crippen molar-refractivity contribution < 1.29 is 4.79 Å². The Bertz CT molecular complexity index is 765. The fourth-order valence-electron chi connectivity index (χ4n) is 1.60. The van der Waals surface area contributed by atoms with Gasteiger partial charge in [-0.3, -0.25) is 4.79 Å². The van der Waals surface area contributed by atoms with Crippen LogP contribution in [0.25, 0.3) is 5.65 Å². The molecule has 1 amide bonds. The zero-order valence-electron chi connectivity index (χ0n) is 9.50. The molecule has 0 atom stereocenters. The van der Waals surface area contributed by atoms with Crippen LogP contribution in [0.3, 0.4) is 0 Å². The molecule has 0 aliphatic carbocycles. The molecule has 0 unspecified atom stereocenters. The molecule has 0 saturated carbocycles. The van der Waals surface area contributed by atoms with Gasteiger partial charge in [0.05, 0.1) is 16.4 Å². The molecule has 0 saturated heterocycles. The number of carbonyl (C=O) groups is 1. The van der Waals surface area contributed by atoms with Gasteiger partial charge in [-0.1, -0.05) is 0 Å². The second-order valence-corrected chi connectivity index (χ2v) is 5.36. The molecule has 3 aromatic heterocycles. The Morgan fingerprint density at radius 3 is 3.05 bits per heavy atom. The highest BCUT2D eigenvalue weighted by Gasteiger charge is 2.15. The first kappa shape index (κ1) is 12.1. The zero-order valence-corrected chi connectivity index (χ0v) is 11.9. The number of nitrogens with one attached hydrogen (secondary N) is 1. The SMILES string of the molecule is Nc1ccn2ncc(C(=O)Nc3cscc3Br)c2n1. The maximum atomic E-state index is 12.2. The third-order valence-electron chi connectivity index (χ3n) is 2.50. The van der Waals surface area contributed by atoms with Gasteiger partial charge in [-0.15, -0.1) is 11.3 Å². The molecular weight excluding hydrogens is 330 g/mol. The van der Waals surface area contributed by atoms with Crippen molar-refractivity contribution in [1.82, 2.24) is 14.6 Å². The first-order chi connectivity index (χ1) is 9.15. The van der Waals surface area contributed by atoms with Gasteiger partial charge in [0.2, 0.25) is 0 Å². The smallest absolute Gasteiger partial charge is 0.261 e. The molecule has 0 bridgehead atoms. The van der Waals surface area contributed by atoms with E-state index in [-0.39, 0.29) is 5.91 Å². The molecule has 0 radical (unpaired) electrons.